The van der Waals surface area contributed by atoms with Gasteiger partial charge in [0.15, 0.2) is 0 Å². The molecule has 3 nitrogen and oxygen atoms in total. The van der Waals surface area contributed by atoms with Crippen LogP contribution in [0.4, 0.5) is 5.69 Å². The van der Waals surface area contributed by atoms with Crippen LogP contribution in [0.15, 0.2) is 48.5 Å². The van der Waals surface area contributed by atoms with Crippen molar-refractivity contribution in [2.45, 2.75) is 19.3 Å². The Kier molecular flexibility index (Phi) is 5.23. The molecule has 1 amide bonds. The van der Waals surface area contributed by atoms with Gasteiger partial charge in [0.1, 0.15) is 5.75 Å². The van der Waals surface area contributed by atoms with Crippen LogP contribution in [0.2, 0.25) is 5.02 Å². The van der Waals surface area contributed by atoms with Gasteiger partial charge in [0.25, 0.3) is 0 Å². The number of hydrogen-bond donors (Lipinski definition) is 1. The number of halogens is 1. The zero-order chi connectivity index (χ0) is 15.2. The Balaban J connectivity index is 2.22. The van der Waals surface area contributed by atoms with Crippen molar-refractivity contribution in [3.05, 3.63) is 59.1 Å². The van der Waals surface area contributed by atoms with Crippen LogP contribution in [0.5, 0.6) is 5.75 Å². The molecule has 2 aromatic carbocycles. The third-order valence-electron chi connectivity index (χ3n) is 3.35. The second-order valence-corrected chi connectivity index (χ2v) is 5.14. The largest absolute Gasteiger partial charge is 0.495 e. The number of methoxy groups -OCH3 is 1. The number of benzene rings is 2. The lowest BCUT2D eigenvalue weighted by Crippen LogP contribution is -2.21. The van der Waals surface area contributed by atoms with E-state index in [1.165, 1.54) is 0 Å². The van der Waals surface area contributed by atoms with E-state index in [1.54, 1.807) is 25.3 Å². The average Bonchev–Trinajstić information content (AvgIpc) is 2.49. The Hall–Kier alpha value is -2.00. The highest BCUT2D eigenvalue weighted by molar-refractivity contribution is 6.31. The maximum absolute atomic E-state index is 12.5. The minimum absolute atomic E-state index is 0.0655. The first-order chi connectivity index (χ1) is 10.2. The molecule has 0 bridgehead atoms. The highest BCUT2D eigenvalue weighted by atomic mass is 35.5. The first-order valence-corrected chi connectivity index (χ1v) is 7.22. The Morgan fingerprint density at radius 3 is 2.57 bits per heavy atom. The van der Waals surface area contributed by atoms with E-state index in [0.717, 1.165) is 12.0 Å². The van der Waals surface area contributed by atoms with Crippen molar-refractivity contribution in [3.63, 3.8) is 0 Å². The van der Waals surface area contributed by atoms with Crippen molar-refractivity contribution < 1.29 is 9.53 Å². The van der Waals surface area contributed by atoms with Crippen molar-refractivity contribution in [1.82, 2.24) is 0 Å². The van der Waals surface area contributed by atoms with Gasteiger partial charge in [-0.05, 0) is 30.2 Å². The first kappa shape index (κ1) is 15.4. The molecule has 0 unspecified atom stereocenters. The van der Waals surface area contributed by atoms with Crippen LogP contribution < -0.4 is 10.1 Å². The van der Waals surface area contributed by atoms with Crippen molar-refractivity contribution in [3.8, 4) is 5.75 Å². The van der Waals surface area contributed by atoms with Crippen molar-refractivity contribution in [1.29, 1.82) is 0 Å². The minimum atomic E-state index is -0.199. The van der Waals surface area contributed by atoms with Crippen LogP contribution in [0.3, 0.4) is 0 Å². The quantitative estimate of drug-likeness (QED) is 0.884. The summed E-state index contributed by atoms with van der Waals surface area (Å²) in [4.78, 5) is 12.5. The number of ether oxygens (including phenoxy) is 1. The molecule has 0 aromatic heterocycles. The number of nitrogens with one attached hydrogen (secondary N) is 1. The fourth-order valence-corrected chi connectivity index (χ4v) is 2.43. The zero-order valence-corrected chi connectivity index (χ0v) is 12.9. The second-order valence-electron chi connectivity index (χ2n) is 4.71. The summed E-state index contributed by atoms with van der Waals surface area (Å²) in [5.74, 6) is 0.329. The van der Waals surface area contributed by atoms with Gasteiger partial charge in [-0.1, -0.05) is 48.9 Å². The van der Waals surface area contributed by atoms with Crippen molar-refractivity contribution in [2.75, 3.05) is 12.4 Å². The molecule has 4 heteroatoms. The SMILES string of the molecule is CC[C@@H](C(=O)Nc1cc(Cl)ccc1OC)c1ccccc1. The number of carbonyl (C=O) groups excluding carboxylic acids is 1. The van der Waals surface area contributed by atoms with Gasteiger partial charge in [0.05, 0.1) is 18.7 Å². The Morgan fingerprint density at radius 2 is 1.95 bits per heavy atom. The number of amides is 1. The molecule has 0 saturated heterocycles. The lowest BCUT2D eigenvalue weighted by molar-refractivity contribution is -0.117. The normalized spacial score (nSPS) is 11.8. The van der Waals surface area contributed by atoms with E-state index >= 15 is 0 Å². The number of carbonyl (C=O) groups is 1. The molecule has 2 rings (SSSR count). The van der Waals surface area contributed by atoms with Crippen LogP contribution >= 0.6 is 11.6 Å². The molecule has 0 radical (unpaired) electrons. The molecule has 0 aliphatic rings. The topological polar surface area (TPSA) is 38.3 Å². The second kappa shape index (κ2) is 7.14. The fraction of sp³-hybridized carbons (Fsp3) is 0.235. The van der Waals surface area contributed by atoms with Crippen LogP contribution in [-0.2, 0) is 4.79 Å². The molecule has 2 aromatic rings. The summed E-state index contributed by atoms with van der Waals surface area (Å²) in [6, 6.07) is 14.9. The number of hydrogen-bond acceptors (Lipinski definition) is 2. The van der Waals surface area contributed by atoms with Crippen molar-refractivity contribution >= 4 is 23.2 Å². The molecule has 0 heterocycles. The van der Waals surface area contributed by atoms with E-state index in [1.807, 2.05) is 37.3 Å². The van der Waals surface area contributed by atoms with Crippen LogP contribution in [-0.4, -0.2) is 13.0 Å². The third kappa shape index (κ3) is 3.76. The van der Waals surface area contributed by atoms with Gasteiger partial charge in [-0.25, -0.2) is 0 Å². The number of anilines is 1. The summed E-state index contributed by atoms with van der Waals surface area (Å²) in [6.07, 6.45) is 0.721. The van der Waals surface area contributed by atoms with Crippen LogP contribution in [0.25, 0.3) is 0 Å². The van der Waals surface area contributed by atoms with Crippen LogP contribution in [0.1, 0.15) is 24.8 Å². The average molecular weight is 304 g/mol. The summed E-state index contributed by atoms with van der Waals surface area (Å²) in [6.45, 7) is 1.99. The molecule has 1 atom stereocenters. The molecule has 0 saturated carbocycles. The lowest BCUT2D eigenvalue weighted by atomic mass is 9.95. The van der Waals surface area contributed by atoms with Gasteiger partial charge in [0.2, 0.25) is 5.91 Å². The lowest BCUT2D eigenvalue weighted by Gasteiger charge is -2.17. The van der Waals surface area contributed by atoms with E-state index in [9.17, 15) is 4.79 Å². The van der Waals surface area contributed by atoms with Gasteiger partial charge < -0.3 is 10.1 Å². The highest BCUT2D eigenvalue weighted by Gasteiger charge is 2.19. The van der Waals surface area contributed by atoms with E-state index < -0.39 is 0 Å². The maximum atomic E-state index is 12.5. The van der Waals surface area contributed by atoms with Crippen molar-refractivity contribution in [2.24, 2.45) is 0 Å². The zero-order valence-electron chi connectivity index (χ0n) is 12.1. The molecule has 0 fully saturated rings. The molecule has 1 N–H and O–H groups in total. The molecule has 110 valence electrons. The van der Waals surface area contributed by atoms with Gasteiger partial charge >= 0.3 is 0 Å². The van der Waals surface area contributed by atoms with Gasteiger partial charge in [-0.2, -0.15) is 0 Å². The summed E-state index contributed by atoms with van der Waals surface area (Å²) in [5, 5.41) is 3.46. The Labute approximate surface area is 129 Å². The predicted molar refractivity (Wildman–Crippen MR) is 86.1 cm³/mol. The standard InChI is InChI=1S/C17H18ClNO2/c1-3-14(12-7-5-4-6-8-12)17(20)19-15-11-13(18)9-10-16(15)21-2/h4-11,14H,3H2,1-2H3,(H,19,20)/t14-/m1/s1. The van der Waals surface area contributed by atoms with Gasteiger partial charge in [-0.15, -0.1) is 0 Å². The van der Waals surface area contributed by atoms with Gasteiger partial charge in [-0.3, -0.25) is 4.79 Å². The smallest absolute Gasteiger partial charge is 0.232 e. The maximum Gasteiger partial charge on any atom is 0.232 e. The summed E-state index contributed by atoms with van der Waals surface area (Å²) >= 11 is 5.98. The summed E-state index contributed by atoms with van der Waals surface area (Å²) < 4.78 is 5.25. The minimum Gasteiger partial charge on any atom is -0.495 e. The van der Waals surface area contributed by atoms with Crippen LogP contribution in [0, 0.1) is 0 Å². The molecule has 0 aliphatic carbocycles. The van der Waals surface area contributed by atoms with E-state index in [0.29, 0.717) is 16.5 Å². The predicted octanol–water partition coefficient (Wildman–Crippen LogP) is 4.48. The number of rotatable bonds is 5. The Bertz CT molecular complexity index is 613. The Morgan fingerprint density at radius 1 is 1.24 bits per heavy atom. The summed E-state index contributed by atoms with van der Waals surface area (Å²) in [7, 11) is 1.56. The molecular formula is C17H18ClNO2. The fourth-order valence-electron chi connectivity index (χ4n) is 2.26. The summed E-state index contributed by atoms with van der Waals surface area (Å²) in [5.41, 5.74) is 1.59. The third-order valence-corrected chi connectivity index (χ3v) is 3.58. The highest BCUT2D eigenvalue weighted by Crippen LogP contribution is 2.29. The van der Waals surface area contributed by atoms with E-state index in [-0.39, 0.29) is 11.8 Å². The monoisotopic (exact) mass is 303 g/mol. The molecular weight excluding hydrogens is 286 g/mol. The first-order valence-electron chi connectivity index (χ1n) is 6.85. The molecule has 0 aliphatic heterocycles. The van der Waals surface area contributed by atoms with E-state index in [4.69, 9.17) is 16.3 Å². The molecule has 21 heavy (non-hydrogen) atoms. The van der Waals surface area contributed by atoms with E-state index in [2.05, 4.69) is 5.32 Å². The van der Waals surface area contributed by atoms with Gasteiger partial charge in [0, 0.05) is 5.02 Å². The molecule has 0 spiro atoms.